The highest BCUT2D eigenvalue weighted by molar-refractivity contribution is 7.89. The van der Waals surface area contributed by atoms with E-state index < -0.39 is 10.0 Å². The van der Waals surface area contributed by atoms with E-state index in [4.69, 9.17) is 0 Å². The van der Waals surface area contributed by atoms with E-state index in [-0.39, 0.29) is 22.9 Å². The molecule has 0 aliphatic heterocycles. The van der Waals surface area contributed by atoms with Crippen LogP contribution in [0.25, 0.3) is 0 Å². The maximum atomic E-state index is 12.7. The topological polar surface area (TPSA) is 57.7 Å². The van der Waals surface area contributed by atoms with Crippen LogP contribution in [0.3, 0.4) is 0 Å². The fourth-order valence-electron chi connectivity index (χ4n) is 2.30. The highest BCUT2D eigenvalue weighted by atomic mass is 32.2. The van der Waals surface area contributed by atoms with E-state index in [1.165, 1.54) is 16.4 Å². The lowest BCUT2D eigenvalue weighted by molar-refractivity contribution is 0.0682. The number of hydrogen-bond acceptors (Lipinski definition) is 3. The molecule has 1 rings (SSSR count). The number of nitrogens with zero attached hydrogens (tertiary/aromatic N) is 2. The summed E-state index contributed by atoms with van der Waals surface area (Å²) in [6.07, 6.45) is 0. The summed E-state index contributed by atoms with van der Waals surface area (Å²) in [7, 11) is -1.97. The third-order valence-corrected chi connectivity index (χ3v) is 6.00. The molecule has 0 saturated carbocycles. The van der Waals surface area contributed by atoms with Gasteiger partial charge in [-0.05, 0) is 57.9 Å². The predicted octanol–water partition coefficient (Wildman–Crippen LogP) is 3.22. The van der Waals surface area contributed by atoms with Crippen molar-refractivity contribution in [1.29, 1.82) is 0 Å². The normalized spacial score (nSPS) is 12.5. The molecule has 5 nitrogen and oxygen atoms in total. The fourth-order valence-corrected chi connectivity index (χ4v) is 3.67. The molecule has 0 bridgehead atoms. The average Bonchev–Trinajstić information content (AvgIpc) is 2.50. The number of hydrogen-bond donors (Lipinski definition) is 0. The molecule has 6 heteroatoms. The molecule has 0 fully saturated rings. The van der Waals surface area contributed by atoms with Crippen molar-refractivity contribution in [2.45, 2.75) is 58.5 Å². The van der Waals surface area contributed by atoms with Crippen LogP contribution in [0.2, 0.25) is 0 Å². The zero-order valence-corrected chi connectivity index (χ0v) is 16.6. The minimum absolute atomic E-state index is 0.0696. The Kier molecular flexibility index (Phi) is 6.98. The van der Waals surface area contributed by atoms with Gasteiger partial charge < -0.3 is 4.90 Å². The van der Waals surface area contributed by atoms with Crippen LogP contribution in [-0.4, -0.2) is 49.2 Å². The molecule has 0 atom stereocenters. The van der Waals surface area contributed by atoms with Crippen LogP contribution >= 0.6 is 0 Å². The third kappa shape index (κ3) is 4.80. The van der Waals surface area contributed by atoms with Gasteiger partial charge in [-0.3, -0.25) is 4.79 Å². The third-order valence-electron chi connectivity index (χ3n) is 3.95. The van der Waals surface area contributed by atoms with E-state index in [2.05, 4.69) is 13.8 Å². The number of sulfonamides is 1. The van der Waals surface area contributed by atoms with Gasteiger partial charge in [0.2, 0.25) is 10.0 Å². The van der Waals surface area contributed by atoms with Crippen LogP contribution in [0.4, 0.5) is 0 Å². The number of carbonyl (C=O) groups is 1. The molecule has 0 aliphatic rings. The summed E-state index contributed by atoms with van der Waals surface area (Å²) in [4.78, 5) is 14.7. The SMILES string of the molecule is CC(C)CN(C(=O)c1ccc(S(=O)(=O)N(C)C(C)C)cc1)C(C)C. The second-order valence-corrected chi connectivity index (χ2v) is 9.08. The first-order valence-electron chi connectivity index (χ1n) is 8.37. The predicted molar refractivity (Wildman–Crippen MR) is 97.5 cm³/mol. The monoisotopic (exact) mass is 354 g/mol. The smallest absolute Gasteiger partial charge is 0.254 e. The van der Waals surface area contributed by atoms with E-state index in [9.17, 15) is 13.2 Å². The molecule has 1 aromatic carbocycles. The van der Waals surface area contributed by atoms with Gasteiger partial charge in [-0.2, -0.15) is 4.31 Å². The van der Waals surface area contributed by atoms with Crippen LogP contribution in [0.1, 0.15) is 51.9 Å². The lowest BCUT2D eigenvalue weighted by atomic mass is 10.1. The molecule has 0 unspecified atom stereocenters. The summed E-state index contributed by atoms with van der Waals surface area (Å²) in [5, 5.41) is 0. The summed E-state index contributed by atoms with van der Waals surface area (Å²) >= 11 is 0. The highest BCUT2D eigenvalue weighted by Crippen LogP contribution is 2.19. The van der Waals surface area contributed by atoms with Gasteiger partial charge in [0.15, 0.2) is 0 Å². The first kappa shape index (κ1) is 20.6. The Bertz CT molecular complexity index is 649. The van der Waals surface area contributed by atoms with Crippen molar-refractivity contribution >= 4 is 15.9 Å². The minimum atomic E-state index is -3.53. The molecular formula is C18H30N2O3S. The Balaban J connectivity index is 3.08. The Morgan fingerprint density at radius 1 is 0.958 bits per heavy atom. The van der Waals surface area contributed by atoms with E-state index >= 15 is 0 Å². The lowest BCUT2D eigenvalue weighted by Crippen LogP contribution is -2.39. The van der Waals surface area contributed by atoms with E-state index in [0.29, 0.717) is 18.0 Å². The van der Waals surface area contributed by atoms with Crippen LogP contribution in [0, 0.1) is 5.92 Å². The number of rotatable bonds is 7. The molecule has 0 heterocycles. The van der Waals surface area contributed by atoms with Gasteiger partial charge in [0, 0.05) is 31.2 Å². The fraction of sp³-hybridized carbons (Fsp3) is 0.611. The zero-order valence-electron chi connectivity index (χ0n) is 15.8. The van der Waals surface area contributed by atoms with Crippen molar-refractivity contribution in [2.75, 3.05) is 13.6 Å². The van der Waals surface area contributed by atoms with Crippen molar-refractivity contribution in [3.63, 3.8) is 0 Å². The Hall–Kier alpha value is -1.40. The Morgan fingerprint density at radius 2 is 1.46 bits per heavy atom. The van der Waals surface area contributed by atoms with E-state index in [1.54, 1.807) is 19.2 Å². The summed E-state index contributed by atoms with van der Waals surface area (Å²) in [6.45, 7) is 12.4. The van der Waals surface area contributed by atoms with Crippen LogP contribution < -0.4 is 0 Å². The summed E-state index contributed by atoms with van der Waals surface area (Å²) in [5.41, 5.74) is 0.510. The van der Waals surface area contributed by atoms with Gasteiger partial charge in [0.25, 0.3) is 5.91 Å². The van der Waals surface area contributed by atoms with Gasteiger partial charge in [-0.25, -0.2) is 8.42 Å². The van der Waals surface area contributed by atoms with E-state index in [1.807, 2.05) is 32.6 Å². The van der Waals surface area contributed by atoms with Gasteiger partial charge >= 0.3 is 0 Å². The minimum Gasteiger partial charge on any atom is -0.336 e. The molecule has 1 aromatic rings. The second-order valence-electron chi connectivity index (χ2n) is 7.08. The average molecular weight is 355 g/mol. The molecule has 0 saturated heterocycles. The Morgan fingerprint density at radius 3 is 1.83 bits per heavy atom. The van der Waals surface area contributed by atoms with Crippen LogP contribution in [0.5, 0.6) is 0 Å². The summed E-state index contributed by atoms with van der Waals surface area (Å²) < 4.78 is 26.3. The number of carbonyl (C=O) groups excluding carboxylic acids is 1. The van der Waals surface area contributed by atoms with Crippen molar-refractivity contribution < 1.29 is 13.2 Å². The molecule has 1 amide bonds. The quantitative estimate of drug-likeness (QED) is 0.755. The van der Waals surface area contributed by atoms with Crippen LogP contribution in [0.15, 0.2) is 29.2 Å². The molecular weight excluding hydrogens is 324 g/mol. The molecule has 0 N–H and O–H groups in total. The first-order chi connectivity index (χ1) is 11.0. The molecule has 0 radical (unpaired) electrons. The van der Waals surface area contributed by atoms with Gasteiger partial charge in [0.05, 0.1) is 4.90 Å². The van der Waals surface area contributed by atoms with Gasteiger partial charge in [-0.15, -0.1) is 0 Å². The number of benzene rings is 1. The highest BCUT2D eigenvalue weighted by Gasteiger charge is 2.24. The summed E-state index contributed by atoms with van der Waals surface area (Å²) in [5.74, 6) is 0.301. The second kappa shape index (κ2) is 8.12. The molecule has 0 spiro atoms. The largest absolute Gasteiger partial charge is 0.336 e. The van der Waals surface area contributed by atoms with Crippen LogP contribution in [-0.2, 0) is 10.0 Å². The van der Waals surface area contributed by atoms with Crippen molar-refractivity contribution in [1.82, 2.24) is 9.21 Å². The Labute approximate surface area is 146 Å². The maximum Gasteiger partial charge on any atom is 0.254 e. The first-order valence-corrected chi connectivity index (χ1v) is 9.81. The molecule has 24 heavy (non-hydrogen) atoms. The van der Waals surface area contributed by atoms with E-state index in [0.717, 1.165) is 0 Å². The number of amides is 1. The maximum absolute atomic E-state index is 12.7. The van der Waals surface area contributed by atoms with Crippen molar-refractivity contribution in [3.8, 4) is 0 Å². The lowest BCUT2D eigenvalue weighted by Gasteiger charge is -2.28. The van der Waals surface area contributed by atoms with Crippen molar-refractivity contribution in [2.24, 2.45) is 5.92 Å². The van der Waals surface area contributed by atoms with Gasteiger partial charge in [0.1, 0.15) is 0 Å². The standard InChI is InChI=1S/C18H30N2O3S/c1-13(2)12-20(15(5)6)18(21)16-8-10-17(11-9-16)24(22,23)19(7)14(3)4/h8-11,13-15H,12H2,1-7H3. The zero-order chi connectivity index (χ0) is 18.7. The van der Waals surface area contributed by atoms with Crippen molar-refractivity contribution in [3.05, 3.63) is 29.8 Å². The summed E-state index contributed by atoms with van der Waals surface area (Å²) in [6, 6.07) is 6.18. The van der Waals surface area contributed by atoms with Gasteiger partial charge in [-0.1, -0.05) is 13.8 Å². The molecule has 0 aliphatic carbocycles. The molecule has 0 aromatic heterocycles. The molecule has 136 valence electrons.